The maximum absolute atomic E-state index is 13.0. The maximum atomic E-state index is 13.0. The average Bonchev–Trinajstić information content (AvgIpc) is 2.52. The van der Waals surface area contributed by atoms with Gasteiger partial charge in [-0.3, -0.25) is 20.4 Å². The van der Waals surface area contributed by atoms with Crippen LogP contribution in [-0.4, -0.2) is 20.2 Å². The second kappa shape index (κ2) is 7.60. The number of carbonyl (C=O) groups excluding carboxylic acids is 2. The summed E-state index contributed by atoms with van der Waals surface area (Å²) in [7, 11) is -4.10. The summed E-state index contributed by atoms with van der Waals surface area (Å²) in [5, 5.41) is 4.87. The molecular formula is C15H13ClFN3O4S. The van der Waals surface area contributed by atoms with Crippen molar-refractivity contribution < 1.29 is 22.4 Å². The molecule has 0 heterocycles. The van der Waals surface area contributed by atoms with Crippen molar-refractivity contribution in [3.63, 3.8) is 0 Å². The molecule has 0 radical (unpaired) electrons. The first-order valence-corrected chi connectivity index (χ1v) is 8.75. The molecule has 2 aromatic carbocycles. The Labute approximate surface area is 148 Å². The van der Waals surface area contributed by atoms with E-state index in [9.17, 15) is 22.4 Å². The Hall–Kier alpha value is -2.49. The predicted molar refractivity (Wildman–Crippen MR) is 88.5 cm³/mol. The molecule has 0 aliphatic carbocycles. The van der Waals surface area contributed by atoms with Gasteiger partial charge in [-0.05, 0) is 35.9 Å². The molecule has 0 atom stereocenters. The fraction of sp³-hybridized carbons (Fsp3) is 0.0667. The van der Waals surface area contributed by atoms with E-state index in [4.69, 9.17) is 16.7 Å². The Morgan fingerprint density at radius 2 is 1.84 bits per heavy atom. The van der Waals surface area contributed by atoms with Crippen molar-refractivity contribution in [1.29, 1.82) is 0 Å². The van der Waals surface area contributed by atoms with Crippen LogP contribution in [0.3, 0.4) is 0 Å². The summed E-state index contributed by atoms with van der Waals surface area (Å²) in [6, 6.07) is 8.91. The summed E-state index contributed by atoms with van der Waals surface area (Å²) in [5.74, 6) is -1.83. The predicted octanol–water partition coefficient (Wildman–Crippen LogP) is 1.13. The van der Waals surface area contributed by atoms with E-state index >= 15 is 0 Å². The van der Waals surface area contributed by atoms with Crippen LogP contribution in [0.4, 0.5) is 4.39 Å². The van der Waals surface area contributed by atoms with Crippen molar-refractivity contribution in [2.75, 3.05) is 0 Å². The van der Waals surface area contributed by atoms with E-state index in [-0.39, 0.29) is 17.0 Å². The maximum Gasteiger partial charge on any atom is 0.269 e. The number of primary sulfonamides is 1. The molecule has 7 nitrogen and oxygen atoms in total. The number of hydrogen-bond donors (Lipinski definition) is 3. The van der Waals surface area contributed by atoms with Crippen LogP contribution in [0.1, 0.15) is 15.9 Å². The Morgan fingerprint density at radius 3 is 2.48 bits per heavy atom. The lowest BCUT2D eigenvalue weighted by atomic mass is 10.1. The van der Waals surface area contributed by atoms with Crippen LogP contribution in [0.15, 0.2) is 47.4 Å². The second-order valence-electron chi connectivity index (χ2n) is 5.00. The zero-order valence-electron chi connectivity index (χ0n) is 12.6. The van der Waals surface area contributed by atoms with Crippen LogP contribution in [0, 0.1) is 5.82 Å². The average molecular weight is 386 g/mol. The third-order valence-corrected chi connectivity index (χ3v) is 4.46. The third kappa shape index (κ3) is 5.24. The van der Waals surface area contributed by atoms with Gasteiger partial charge in [0, 0.05) is 5.56 Å². The monoisotopic (exact) mass is 385 g/mol. The van der Waals surface area contributed by atoms with Crippen LogP contribution in [0.5, 0.6) is 0 Å². The minimum absolute atomic E-state index is 0.0699. The molecule has 0 aliphatic rings. The molecule has 0 saturated carbocycles. The number of benzene rings is 2. The molecule has 132 valence electrons. The number of carbonyl (C=O) groups is 2. The highest BCUT2D eigenvalue weighted by molar-refractivity contribution is 7.89. The molecule has 2 rings (SSSR count). The molecule has 0 aliphatic heterocycles. The van der Waals surface area contributed by atoms with E-state index < -0.39 is 32.6 Å². The number of nitrogens with one attached hydrogen (secondary N) is 2. The standard InChI is InChI=1S/C15H13ClFN3O4S/c16-12-5-4-10(8-13(12)25(18,23)24)15(22)20-19-14(21)7-9-2-1-3-11(17)6-9/h1-6,8H,7H2,(H,19,21)(H,20,22)(H2,18,23,24). The minimum atomic E-state index is -4.10. The number of hydrogen-bond acceptors (Lipinski definition) is 4. The highest BCUT2D eigenvalue weighted by atomic mass is 35.5. The summed E-state index contributed by atoms with van der Waals surface area (Å²) < 4.78 is 35.8. The minimum Gasteiger partial charge on any atom is -0.273 e. The molecule has 4 N–H and O–H groups in total. The number of hydrazine groups is 1. The van der Waals surface area contributed by atoms with Gasteiger partial charge in [0.15, 0.2) is 0 Å². The van der Waals surface area contributed by atoms with E-state index in [1.54, 1.807) is 6.07 Å². The van der Waals surface area contributed by atoms with Gasteiger partial charge in [-0.2, -0.15) is 0 Å². The van der Waals surface area contributed by atoms with E-state index in [1.807, 2.05) is 0 Å². The van der Waals surface area contributed by atoms with Crippen LogP contribution >= 0.6 is 11.6 Å². The van der Waals surface area contributed by atoms with E-state index in [0.717, 1.165) is 6.07 Å². The number of amides is 2. The Morgan fingerprint density at radius 1 is 1.12 bits per heavy atom. The summed E-state index contributed by atoms with van der Waals surface area (Å²) in [6.45, 7) is 0. The zero-order valence-corrected chi connectivity index (χ0v) is 14.2. The molecule has 0 saturated heterocycles. The number of rotatable bonds is 4. The van der Waals surface area contributed by atoms with Crippen molar-refractivity contribution in [2.45, 2.75) is 11.3 Å². The van der Waals surface area contributed by atoms with Crippen LogP contribution in [-0.2, 0) is 21.2 Å². The van der Waals surface area contributed by atoms with E-state index in [2.05, 4.69) is 10.9 Å². The number of halogens is 2. The fourth-order valence-corrected chi connectivity index (χ4v) is 3.01. The lowest BCUT2D eigenvalue weighted by Crippen LogP contribution is -2.42. The van der Waals surface area contributed by atoms with Gasteiger partial charge in [0.2, 0.25) is 15.9 Å². The van der Waals surface area contributed by atoms with Crippen LogP contribution in [0.2, 0.25) is 5.02 Å². The zero-order chi connectivity index (χ0) is 18.6. The third-order valence-electron chi connectivity index (χ3n) is 3.07. The van der Waals surface area contributed by atoms with E-state index in [0.29, 0.717) is 5.56 Å². The molecule has 10 heteroatoms. The van der Waals surface area contributed by atoms with Crippen molar-refractivity contribution >= 4 is 33.4 Å². The molecule has 25 heavy (non-hydrogen) atoms. The molecule has 2 amide bonds. The number of nitrogens with two attached hydrogens (primary N) is 1. The SMILES string of the molecule is NS(=O)(=O)c1cc(C(=O)NNC(=O)Cc2cccc(F)c2)ccc1Cl. The lowest BCUT2D eigenvalue weighted by molar-refractivity contribution is -0.121. The summed E-state index contributed by atoms with van der Waals surface area (Å²) in [5.41, 5.74) is 4.62. The van der Waals surface area contributed by atoms with Crippen molar-refractivity contribution in [1.82, 2.24) is 10.9 Å². The van der Waals surface area contributed by atoms with Gasteiger partial charge in [0.25, 0.3) is 5.91 Å². The van der Waals surface area contributed by atoms with Gasteiger partial charge in [-0.25, -0.2) is 17.9 Å². The van der Waals surface area contributed by atoms with Crippen LogP contribution < -0.4 is 16.0 Å². The topological polar surface area (TPSA) is 118 Å². The highest BCUT2D eigenvalue weighted by Crippen LogP contribution is 2.21. The quantitative estimate of drug-likeness (QED) is 0.683. The van der Waals surface area contributed by atoms with Gasteiger partial charge in [0.1, 0.15) is 10.7 Å². The summed E-state index contributed by atoms with van der Waals surface area (Å²) >= 11 is 5.72. The highest BCUT2D eigenvalue weighted by Gasteiger charge is 2.16. The van der Waals surface area contributed by atoms with Gasteiger partial charge < -0.3 is 0 Å². The van der Waals surface area contributed by atoms with E-state index in [1.165, 1.54) is 30.3 Å². The smallest absolute Gasteiger partial charge is 0.269 e. The van der Waals surface area contributed by atoms with Gasteiger partial charge in [-0.15, -0.1) is 0 Å². The van der Waals surface area contributed by atoms with Crippen LogP contribution in [0.25, 0.3) is 0 Å². The molecule has 0 spiro atoms. The first-order valence-electron chi connectivity index (χ1n) is 6.83. The lowest BCUT2D eigenvalue weighted by Gasteiger charge is -2.09. The molecule has 0 bridgehead atoms. The number of sulfonamides is 1. The van der Waals surface area contributed by atoms with Gasteiger partial charge >= 0.3 is 0 Å². The molecule has 0 aromatic heterocycles. The van der Waals surface area contributed by atoms with Gasteiger partial charge in [0.05, 0.1) is 11.4 Å². The first kappa shape index (κ1) is 18.8. The molecular weight excluding hydrogens is 373 g/mol. The largest absolute Gasteiger partial charge is 0.273 e. The Balaban J connectivity index is 2.02. The first-order chi connectivity index (χ1) is 11.7. The normalized spacial score (nSPS) is 11.0. The molecule has 0 unspecified atom stereocenters. The molecule has 0 fully saturated rings. The fourth-order valence-electron chi connectivity index (χ4n) is 1.94. The molecule has 2 aromatic rings. The van der Waals surface area contributed by atoms with Crippen molar-refractivity contribution in [3.8, 4) is 0 Å². The van der Waals surface area contributed by atoms with Crippen molar-refractivity contribution in [2.24, 2.45) is 5.14 Å². The Kier molecular flexibility index (Phi) is 5.73. The Bertz CT molecular complexity index is 934. The van der Waals surface area contributed by atoms with Crippen molar-refractivity contribution in [3.05, 3.63) is 64.4 Å². The van der Waals surface area contributed by atoms with Gasteiger partial charge in [-0.1, -0.05) is 23.7 Å². The summed E-state index contributed by atoms with van der Waals surface area (Å²) in [6.07, 6.45) is -0.152. The second-order valence-corrected chi connectivity index (χ2v) is 6.94. The summed E-state index contributed by atoms with van der Waals surface area (Å²) in [4.78, 5) is 23.3.